The van der Waals surface area contributed by atoms with Crippen LogP contribution in [0.2, 0.25) is 0 Å². The molecule has 0 atom stereocenters. The number of rotatable bonds is 3. The summed E-state index contributed by atoms with van der Waals surface area (Å²) in [5.74, 6) is 0.316. The predicted octanol–water partition coefficient (Wildman–Crippen LogP) is -0.224. The lowest BCUT2D eigenvalue weighted by Gasteiger charge is -2.11. The molecular weight excluding hydrogens is 180 g/mol. The Morgan fingerprint density at radius 1 is 1.67 bits per heavy atom. The molecule has 0 unspecified atom stereocenters. The van der Waals surface area contributed by atoms with Crippen LogP contribution in [0, 0.1) is 6.07 Å². The van der Waals surface area contributed by atoms with Crippen molar-refractivity contribution >= 4 is 16.8 Å². The SMILES string of the molecule is CN(O[SH](=O)=O)c1[c]cccn1. The minimum atomic E-state index is -2.90. The van der Waals surface area contributed by atoms with E-state index in [1.807, 2.05) is 0 Å². The molecule has 1 aromatic rings. The monoisotopic (exact) mass is 187 g/mol. The van der Waals surface area contributed by atoms with E-state index in [1.54, 1.807) is 12.1 Å². The molecule has 0 aliphatic rings. The molecule has 6 heteroatoms. The summed E-state index contributed by atoms with van der Waals surface area (Å²) in [4.78, 5) is 3.81. The van der Waals surface area contributed by atoms with Crippen molar-refractivity contribution in [2.75, 3.05) is 12.1 Å². The first-order chi connectivity index (χ1) is 5.70. The fourth-order valence-electron chi connectivity index (χ4n) is 0.627. The molecule has 65 valence electrons. The van der Waals surface area contributed by atoms with Crippen LogP contribution in [0.25, 0.3) is 0 Å². The number of aromatic nitrogens is 1. The Morgan fingerprint density at radius 2 is 2.42 bits per heavy atom. The molecule has 0 amide bonds. The van der Waals surface area contributed by atoms with Gasteiger partial charge in [0.2, 0.25) is 0 Å². The van der Waals surface area contributed by atoms with Gasteiger partial charge in [-0.2, -0.15) is 0 Å². The molecule has 1 radical (unpaired) electrons. The van der Waals surface area contributed by atoms with Crippen LogP contribution in [0.4, 0.5) is 5.82 Å². The highest BCUT2D eigenvalue weighted by molar-refractivity contribution is 7.67. The van der Waals surface area contributed by atoms with Gasteiger partial charge in [-0.05, 0) is 12.1 Å². The summed E-state index contributed by atoms with van der Waals surface area (Å²) in [7, 11) is -1.46. The summed E-state index contributed by atoms with van der Waals surface area (Å²) >= 11 is 0. The van der Waals surface area contributed by atoms with Gasteiger partial charge in [0, 0.05) is 19.3 Å². The van der Waals surface area contributed by atoms with Crippen LogP contribution >= 0.6 is 0 Å². The standard InChI is InChI=1S/C6H7N2O3S/c1-8(11-12(9)10)6-4-2-3-5-7-6/h2-3,5,12H,1H3. The van der Waals surface area contributed by atoms with Crippen molar-refractivity contribution in [3.63, 3.8) is 0 Å². The van der Waals surface area contributed by atoms with Crippen LogP contribution in [0.5, 0.6) is 0 Å². The molecule has 0 aliphatic heterocycles. The van der Waals surface area contributed by atoms with Crippen LogP contribution in [0.15, 0.2) is 18.3 Å². The van der Waals surface area contributed by atoms with Crippen LogP contribution in [-0.4, -0.2) is 20.4 Å². The maximum absolute atomic E-state index is 10.1. The lowest BCUT2D eigenvalue weighted by Crippen LogP contribution is -2.17. The average molecular weight is 187 g/mol. The molecule has 0 saturated heterocycles. The van der Waals surface area contributed by atoms with E-state index in [0.717, 1.165) is 5.06 Å². The molecule has 0 fully saturated rings. The normalized spacial score (nSPS) is 10.2. The van der Waals surface area contributed by atoms with Gasteiger partial charge < -0.3 is 0 Å². The minimum Gasteiger partial charge on any atom is -0.237 e. The van der Waals surface area contributed by atoms with Crippen molar-refractivity contribution in [3.8, 4) is 0 Å². The molecule has 1 rings (SSSR count). The Kier molecular flexibility index (Phi) is 3.01. The Labute approximate surface area is 71.7 Å². The van der Waals surface area contributed by atoms with Gasteiger partial charge in [0.1, 0.15) is 0 Å². The Hall–Kier alpha value is -1.14. The van der Waals surface area contributed by atoms with Crippen LogP contribution in [-0.2, 0) is 15.3 Å². The molecule has 0 N–H and O–H groups in total. The Bertz CT molecular complexity index is 304. The second-order valence-electron chi connectivity index (χ2n) is 1.91. The summed E-state index contributed by atoms with van der Waals surface area (Å²) < 4.78 is 24.6. The number of hydroxylamine groups is 1. The lowest BCUT2D eigenvalue weighted by molar-refractivity contribution is 0.317. The third-order valence-electron chi connectivity index (χ3n) is 1.08. The van der Waals surface area contributed by atoms with Crippen molar-refractivity contribution in [2.45, 2.75) is 0 Å². The zero-order valence-corrected chi connectivity index (χ0v) is 7.19. The van der Waals surface area contributed by atoms with E-state index in [-0.39, 0.29) is 0 Å². The molecule has 0 spiro atoms. The summed E-state index contributed by atoms with van der Waals surface area (Å²) in [5, 5.41) is 1.02. The third kappa shape index (κ3) is 2.48. The van der Waals surface area contributed by atoms with Crippen molar-refractivity contribution in [2.24, 2.45) is 0 Å². The summed E-state index contributed by atoms with van der Waals surface area (Å²) in [6, 6.07) is 5.98. The van der Waals surface area contributed by atoms with Crippen molar-refractivity contribution in [1.82, 2.24) is 4.98 Å². The smallest absolute Gasteiger partial charge is 0.237 e. The highest BCUT2D eigenvalue weighted by atomic mass is 32.2. The molecular formula is C6H7N2O3S. The average Bonchev–Trinajstić information content (AvgIpc) is 2.05. The van der Waals surface area contributed by atoms with Crippen molar-refractivity contribution in [1.29, 1.82) is 0 Å². The van der Waals surface area contributed by atoms with Gasteiger partial charge in [-0.1, -0.05) is 0 Å². The van der Waals surface area contributed by atoms with Gasteiger partial charge in [-0.25, -0.2) is 18.5 Å². The van der Waals surface area contributed by atoms with Gasteiger partial charge in [-0.15, -0.1) is 4.28 Å². The van der Waals surface area contributed by atoms with Gasteiger partial charge in [0.25, 0.3) is 11.0 Å². The molecule has 1 aromatic heterocycles. The van der Waals surface area contributed by atoms with E-state index in [9.17, 15) is 8.42 Å². The van der Waals surface area contributed by atoms with Gasteiger partial charge in [0.05, 0.1) is 0 Å². The van der Waals surface area contributed by atoms with Crippen molar-refractivity contribution in [3.05, 3.63) is 24.4 Å². The minimum absolute atomic E-state index is 0.316. The second kappa shape index (κ2) is 4.03. The van der Waals surface area contributed by atoms with E-state index in [1.165, 1.54) is 13.2 Å². The zero-order valence-electron chi connectivity index (χ0n) is 6.30. The van der Waals surface area contributed by atoms with Crippen LogP contribution in [0.3, 0.4) is 0 Å². The first kappa shape index (κ1) is 8.95. The molecule has 5 nitrogen and oxygen atoms in total. The zero-order chi connectivity index (χ0) is 8.97. The molecule has 0 aromatic carbocycles. The Balaban J connectivity index is 2.71. The van der Waals surface area contributed by atoms with E-state index in [0.29, 0.717) is 5.82 Å². The van der Waals surface area contributed by atoms with Crippen molar-refractivity contribution < 1.29 is 12.7 Å². The third-order valence-corrected chi connectivity index (χ3v) is 1.46. The van der Waals surface area contributed by atoms with Gasteiger partial charge >= 0.3 is 0 Å². The number of anilines is 1. The van der Waals surface area contributed by atoms with Gasteiger partial charge in [0.15, 0.2) is 5.82 Å². The predicted molar refractivity (Wildman–Crippen MR) is 42.9 cm³/mol. The summed E-state index contributed by atoms with van der Waals surface area (Å²) in [5.41, 5.74) is 0. The fraction of sp³-hybridized carbons (Fsp3) is 0.167. The second-order valence-corrected chi connectivity index (χ2v) is 2.52. The Morgan fingerprint density at radius 3 is 2.92 bits per heavy atom. The summed E-state index contributed by atoms with van der Waals surface area (Å²) in [6.45, 7) is 0. The largest absolute Gasteiger partial charge is 0.278 e. The van der Waals surface area contributed by atoms with E-state index < -0.39 is 11.0 Å². The maximum Gasteiger partial charge on any atom is 0.278 e. The molecule has 0 bridgehead atoms. The number of hydrogen-bond donors (Lipinski definition) is 1. The fourth-order valence-corrected chi connectivity index (χ4v) is 0.905. The van der Waals surface area contributed by atoms with E-state index >= 15 is 0 Å². The number of nitrogens with zero attached hydrogens (tertiary/aromatic N) is 2. The van der Waals surface area contributed by atoms with E-state index in [4.69, 9.17) is 0 Å². The van der Waals surface area contributed by atoms with Gasteiger partial charge in [-0.3, -0.25) is 0 Å². The molecule has 0 saturated carbocycles. The van der Waals surface area contributed by atoms with Crippen LogP contribution in [0.1, 0.15) is 0 Å². The molecule has 0 aliphatic carbocycles. The first-order valence-electron chi connectivity index (χ1n) is 3.09. The first-order valence-corrected chi connectivity index (χ1v) is 4.18. The lowest BCUT2D eigenvalue weighted by atomic mass is 10.5. The topological polar surface area (TPSA) is 59.5 Å². The van der Waals surface area contributed by atoms with Crippen LogP contribution < -0.4 is 5.06 Å². The highest BCUT2D eigenvalue weighted by Crippen LogP contribution is 2.05. The molecule has 1 heterocycles. The summed E-state index contributed by atoms with van der Waals surface area (Å²) in [6.07, 6.45) is 1.52. The maximum atomic E-state index is 10.1. The highest BCUT2D eigenvalue weighted by Gasteiger charge is 2.01. The quantitative estimate of drug-likeness (QED) is 0.523. The number of hydrogen-bond acceptors (Lipinski definition) is 5. The molecule has 12 heavy (non-hydrogen) atoms. The number of pyridine rings is 1. The van der Waals surface area contributed by atoms with E-state index in [2.05, 4.69) is 15.3 Å². The number of thiol groups is 1.